The number of hydrogen-bond donors (Lipinski definition) is 1. The average Bonchev–Trinajstić information content (AvgIpc) is 2.17. The molecule has 0 aromatic carbocycles. The summed E-state index contributed by atoms with van der Waals surface area (Å²) in [5, 5.41) is 0. The SMILES string of the molecule is CC(=O)O[C@@H](CN)CN1CCOCC1. The molecule has 0 saturated carbocycles. The van der Waals surface area contributed by atoms with Crippen molar-refractivity contribution in [2.24, 2.45) is 5.73 Å². The largest absolute Gasteiger partial charge is 0.460 e. The summed E-state index contributed by atoms with van der Waals surface area (Å²) in [7, 11) is 0. The van der Waals surface area contributed by atoms with Gasteiger partial charge in [-0.25, -0.2) is 0 Å². The molecule has 1 aliphatic rings. The predicted octanol–water partition coefficient (Wildman–Crippen LogP) is -0.791. The van der Waals surface area contributed by atoms with Gasteiger partial charge < -0.3 is 15.2 Å². The molecule has 2 N–H and O–H groups in total. The van der Waals surface area contributed by atoms with Gasteiger partial charge in [-0.3, -0.25) is 9.69 Å². The molecule has 0 radical (unpaired) electrons. The third-order valence-electron chi connectivity index (χ3n) is 2.16. The second-order valence-electron chi connectivity index (χ2n) is 3.38. The van der Waals surface area contributed by atoms with Crippen LogP contribution in [0.2, 0.25) is 0 Å². The summed E-state index contributed by atoms with van der Waals surface area (Å²) in [6.07, 6.45) is -0.189. The van der Waals surface area contributed by atoms with E-state index in [2.05, 4.69) is 4.90 Å². The minimum absolute atomic E-state index is 0.189. The third-order valence-corrected chi connectivity index (χ3v) is 2.16. The average molecular weight is 202 g/mol. The molecule has 14 heavy (non-hydrogen) atoms. The maximum absolute atomic E-state index is 10.7. The number of nitrogens with two attached hydrogens (primary N) is 1. The molecule has 0 aromatic heterocycles. The lowest BCUT2D eigenvalue weighted by Crippen LogP contribution is -2.44. The van der Waals surface area contributed by atoms with Gasteiger partial charge in [-0.1, -0.05) is 0 Å². The van der Waals surface area contributed by atoms with Gasteiger partial charge >= 0.3 is 5.97 Å². The van der Waals surface area contributed by atoms with Crippen molar-refractivity contribution < 1.29 is 14.3 Å². The molecular weight excluding hydrogens is 184 g/mol. The van der Waals surface area contributed by atoms with Crippen LogP contribution in [0, 0.1) is 0 Å². The van der Waals surface area contributed by atoms with Crippen LogP contribution in [0.25, 0.3) is 0 Å². The van der Waals surface area contributed by atoms with Gasteiger partial charge in [0.1, 0.15) is 6.10 Å². The second-order valence-corrected chi connectivity index (χ2v) is 3.38. The normalized spacial score (nSPS) is 20.4. The molecule has 82 valence electrons. The van der Waals surface area contributed by atoms with E-state index in [0.29, 0.717) is 13.1 Å². The Hall–Kier alpha value is -0.650. The zero-order valence-corrected chi connectivity index (χ0v) is 8.57. The number of nitrogens with zero attached hydrogens (tertiary/aromatic N) is 1. The molecule has 0 amide bonds. The van der Waals surface area contributed by atoms with Gasteiger partial charge in [-0.05, 0) is 0 Å². The zero-order chi connectivity index (χ0) is 10.4. The highest BCUT2D eigenvalue weighted by atomic mass is 16.5. The van der Waals surface area contributed by atoms with Crippen LogP contribution in [-0.2, 0) is 14.3 Å². The molecular formula is C9H18N2O3. The van der Waals surface area contributed by atoms with Crippen molar-refractivity contribution in [1.82, 2.24) is 4.90 Å². The first-order chi connectivity index (χ1) is 6.72. The van der Waals surface area contributed by atoms with Gasteiger partial charge in [0.05, 0.1) is 13.2 Å². The van der Waals surface area contributed by atoms with Crippen LogP contribution < -0.4 is 5.73 Å². The van der Waals surface area contributed by atoms with Crippen molar-refractivity contribution in [2.45, 2.75) is 13.0 Å². The Kier molecular flexibility index (Phi) is 4.86. The molecule has 5 heteroatoms. The van der Waals surface area contributed by atoms with E-state index in [-0.39, 0.29) is 12.1 Å². The van der Waals surface area contributed by atoms with Crippen LogP contribution in [-0.4, -0.2) is 56.4 Å². The summed E-state index contributed by atoms with van der Waals surface area (Å²) in [6, 6.07) is 0. The van der Waals surface area contributed by atoms with Gasteiger partial charge in [-0.15, -0.1) is 0 Å². The predicted molar refractivity (Wildman–Crippen MR) is 51.9 cm³/mol. The van der Waals surface area contributed by atoms with Crippen molar-refractivity contribution >= 4 is 5.97 Å². The summed E-state index contributed by atoms with van der Waals surface area (Å²) in [4.78, 5) is 12.9. The Morgan fingerprint density at radius 3 is 2.71 bits per heavy atom. The van der Waals surface area contributed by atoms with E-state index in [1.807, 2.05) is 0 Å². The lowest BCUT2D eigenvalue weighted by molar-refractivity contribution is -0.147. The first-order valence-corrected chi connectivity index (χ1v) is 4.89. The summed E-state index contributed by atoms with van der Waals surface area (Å²) < 4.78 is 10.3. The highest BCUT2D eigenvalue weighted by Crippen LogP contribution is 2.00. The van der Waals surface area contributed by atoms with Gasteiger partial charge in [-0.2, -0.15) is 0 Å². The summed E-state index contributed by atoms with van der Waals surface area (Å²) >= 11 is 0. The molecule has 0 aliphatic carbocycles. The number of ether oxygens (including phenoxy) is 2. The summed E-state index contributed by atoms with van der Waals surface area (Å²) in [5.74, 6) is -0.270. The number of hydrogen-bond acceptors (Lipinski definition) is 5. The van der Waals surface area contributed by atoms with Gasteiger partial charge in [0.2, 0.25) is 0 Å². The fourth-order valence-electron chi connectivity index (χ4n) is 1.47. The van der Waals surface area contributed by atoms with E-state index < -0.39 is 0 Å². The fraction of sp³-hybridized carbons (Fsp3) is 0.889. The second kappa shape index (κ2) is 5.95. The van der Waals surface area contributed by atoms with Crippen LogP contribution in [0.15, 0.2) is 0 Å². The molecule has 1 aliphatic heterocycles. The van der Waals surface area contributed by atoms with Crippen LogP contribution in [0.1, 0.15) is 6.92 Å². The van der Waals surface area contributed by atoms with E-state index in [4.69, 9.17) is 15.2 Å². The van der Waals surface area contributed by atoms with E-state index in [1.165, 1.54) is 6.92 Å². The topological polar surface area (TPSA) is 64.8 Å². The van der Waals surface area contributed by atoms with Crippen molar-refractivity contribution in [2.75, 3.05) is 39.4 Å². The van der Waals surface area contributed by atoms with E-state index in [9.17, 15) is 4.79 Å². The van der Waals surface area contributed by atoms with Crippen LogP contribution in [0.4, 0.5) is 0 Å². The zero-order valence-electron chi connectivity index (χ0n) is 8.57. The van der Waals surface area contributed by atoms with Crippen LogP contribution >= 0.6 is 0 Å². The minimum Gasteiger partial charge on any atom is -0.460 e. The molecule has 5 nitrogen and oxygen atoms in total. The molecule has 1 heterocycles. The van der Waals surface area contributed by atoms with Gasteiger partial charge in [0.25, 0.3) is 0 Å². The van der Waals surface area contributed by atoms with Gasteiger partial charge in [0, 0.05) is 33.1 Å². The van der Waals surface area contributed by atoms with Crippen LogP contribution in [0.5, 0.6) is 0 Å². The number of morpholine rings is 1. The Labute approximate surface area is 84.1 Å². The number of rotatable bonds is 4. The molecule has 0 unspecified atom stereocenters. The lowest BCUT2D eigenvalue weighted by Gasteiger charge is -2.29. The van der Waals surface area contributed by atoms with Crippen molar-refractivity contribution in [3.05, 3.63) is 0 Å². The van der Waals surface area contributed by atoms with E-state index in [0.717, 1.165) is 26.3 Å². The molecule has 0 bridgehead atoms. The highest BCUT2D eigenvalue weighted by Gasteiger charge is 2.17. The first kappa shape index (κ1) is 11.4. The highest BCUT2D eigenvalue weighted by molar-refractivity contribution is 5.66. The Bertz CT molecular complexity index is 181. The van der Waals surface area contributed by atoms with Gasteiger partial charge in [0.15, 0.2) is 0 Å². The lowest BCUT2D eigenvalue weighted by atomic mass is 10.3. The fourth-order valence-corrected chi connectivity index (χ4v) is 1.47. The summed E-state index contributed by atoms with van der Waals surface area (Å²) in [6.45, 7) is 5.75. The molecule has 0 spiro atoms. The molecule has 1 fully saturated rings. The van der Waals surface area contributed by atoms with Crippen molar-refractivity contribution in [1.29, 1.82) is 0 Å². The van der Waals surface area contributed by atoms with E-state index in [1.54, 1.807) is 0 Å². The number of carbonyl (C=O) groups excluding carboxylic acids is 1. The maximum atomic E-state index is 10.7. The Balaban J connectivity index is 2.27. The number of carbonyl (C=O) groups is 1. The third kappa shape index (κ3) is 4.04. The Morgan fingerprint density at radius 1 is 1.57 bits per heavy atom. The number of esters is 1. The molecule has 1 saturated heterocycles. The Morgan fingerprint density at radius 2 is 2.21 bits per heavy atom. The molecule has 0 aromatic rings. The standard InChI is InChI=1S/C9H18N2O3/c1-8(12)14-9(6-10)7-11-2-4-13-5-3-11/h9H,2-7,10H2,1H3/t9-/m0/s1. The first-order valence-electron chi connectivity index (χ1n) is 4.89. The quantitative estimate of drug-likeness (QED) is 0.605. The monoisotopic (exact) mass is 202 g/mol. The van der Waals surface area contributed by atoms with Crippen molar-refractivity contribution in [3.63, 3.8) is 0 Å². The molecule has 1 atom stereocenters. The van der Waals surface area contributed by atoms with Crippen LogP contribution in [0.3, 0.4) is 0 Å². The minimum atomic E-state index is -0.270. The molecule has 1 rings (SSSR count). The smallest absolute Gasteiger partial charge is 0.302 e. The van der Waals surface area contributed by atoms with Crippen molar-refractivity contribution in [3.8, 4) is 0 Å². The maximum Gasteiger partial charge on any atom is 0.302 e. The van der Waals surface area contributed by atoms with E-state index >= 15 is 0 Å². The summed E-state index contributed by atoms with van der Waals surface area (Å²) in [5.41, 5.74) is 5.50.